The fraction of sp³-hybridized carbons (Fsp3) is 0.583. The van der Waals surface area contributed by atoms with Gasteiger partial charge in [0.15, 0.2) is 0 Å². The zero-order valence-electron chi connectivity index (χ0n) is 8.70. The minimum Gasteiger partial charge on any atom is -0.325 e. The van der Waals surface area contributed by atoms with Crippen LogP contribution < -0.4 is 0 Å². The van der Waals surface area contributed by atoms with Crippen LogP contribution in [0.15, 0.2) is 12.7 Å². The number of amides is 1. The van der Waals surface area contributed by atoms with E-state index in [0.717, 1.165) is 25.8 Å². The van der Waals surface area contributed by atoms with Crippen LogP contribution in [0.25, 0.3) is 0 Å². The van der Waals surface area contributed by atoms with Crippen molar-refractivity contribution < 1.29 is 4.79 Å². The Kier molecular flexibility index (Phi) is 3.76. The summed E-state index contributed by atoms with van der Waals surface area (Å²) in [6.07, 6.45) is 9.92. The molecule has 0 aromatic rings. The molecule has 1 aliphatic rings. The molecule has 0 aromatic heterocycles. The fourth-order valence-corrected chi connectivity index (χ4v) is 1.95. The predicted molar refractivity (Wildman–Crippen MR) is 57.5 cm³/mol. The molecule has 2 heteroatoms. The average molecular weight is 191 g/mol. The summed E-state index contributed by atoms with van der Waals surface area (Å²) in [5.41, 5.74) is 0. The number of rotatable bonds is 2. The topological polar surface area (TPSA) is 20.3 Å². The molecule has 0 bridgehead atoms. The lowest BCUT2D eigenvalue weighted by Gasteiger charge is -2.36. The molecule has 0 N–H and O–H groups in total. The van der Waals surface area contributed by atoms with Crippen molar-refractivity contribution in [2.24, 2.45) is 5.92 Å². The summed E-state index contributed by atoms with van der Waals surface area (Å²) in [5.74, 6) is 3.32. The lowest BCUT2D eigenvalue weighted by atomic mass is 9.89. The first-order chi connectivity index (χ1) is 6.72. The van der Waals surface area contributed by atoms with Crippen molar-refractivity contribution in [1.29, 1.82) is 0 Å². The van der Waals surface area contributed by atoms with E-state index < -0.39 is 0 Å². The Morgan fingerprint density at radius 2 is 2.50 bits per heavy atom. The molecule has 0 radical (unpaired) electrons. The van der Waals surface area contributed by atoms with E-state index in [9.17, 15) is 4.79 Å². The third kappa shape index (κ3) is 2.17. The van der Waals surface area contributed by atoms with Gasteiger partial charge in [0.05, 0.1) is 6.04 Å². The van der Waals surface area contributed by atoms with Gasteiger partial charge in [-0.2, -0.15) is 0 Å². The number of terminal acetylenes is 1. The molecule has 76 valence electrons. The summed E-state index contributed by atoms with van der Waals surface area (Å²) in [6.45, 7) is 6.43. The largest absolute Gasteiger partial charge is 0.325 e. The highest BCUT2D eigenvalue weighted by Crippen LogP contribution is 2.24. The Morgan fingerprint density at radius 3 is 3.00 bits per heavy atom. The van der Waals surface area contributed by atoms with Crippen molar-refractivity contribution in [2.75, 3.05) is 6.54 Å². The number of carbonyl (C=O) groups excluding carboxylic acids is 1. The molecule has 1 aliphatic heterocycles. The van der Waals surface area contributed by atoms with Gasteiger partial charge in [0, 0.05) is 6.54 Å². The smallest absolute Gasteiger partial charge is 0.246 e. The number of hydrogen-bond donors (Lipinski definition) is 0. The summed E-state index contributed by atoms with van der Waals surface area (Å²) in [7, 11) is 0. The molecule has 1 heterocycles. The van der Waals surface area contributed by atoms with E-state index in [0.29, 0.717) is 5.92 Å². The highest BCUT2D eigenvalue weighted by atomic mass is 16.2. The Morgan fingerprint density at radius 1 is 1.79 bits per heavy atom. The van der Waals surface area contributed by atoms with Gasteiger partial charge in [-0.15, -0.1) is 6.42 Å². The first-order valence-corrected chi connectivity index (χ1v) is 5.12. The SMILES string of the molecule is C#CC1CC(CC)CCN1C(=O)C=C. The maximum atomic E-state index is 11.4. The van der Waals surface area contributed by atoms with Crippen LogP contribution in [0.2, 0.25) is 0 Å². The molecule has 2 nitrogen and oxygen atoms in total. The van der Waals surface area contributed by atoms with Gasteiger partial charge in [0.2, 0.25) is 5.91 Å². The van der Waals surface area contributed by atoms with Gasteiger partial charge in [-0.05, 0) is 24.8 Å². The van der Waals surface area contributed by atoms with E-state index in [2.05, 4.69) is 19.4 Å². The minimum absolute atomic E-state index is 0.0285. The molecule has 1 rings (SSSR count). The fourth-order valence-electron chi connectivity index (χ4n) is 1.95. The molecule has 2 atom stereocenters. The molecule has 14 heavy (non-hydrogen) atoms. The second-order valence-electron chi connectivity index (χ2n) is 3.72. The molecule has 1 fully saturated rings. The predicted octanol–water partition coefficient (Wildman–Crippen LogP) is 1.82. The molecular formula is C12H17NO. The highest BCUT2D eigenvalue weighted by molar-refractivity contribution is 5.87. The van der Waals surface area contributed by atoms with Crippen LogP contribution in [0.5, 0.6) is 0 Å². The number of hydrogen-bond acceptors (Lipinski definition) is 1. The maximum Gasteiger partial charge on any atom is 0.246 e. The van der Waals surface area contributed by atoms with Crippen LogP contribution in [0, 0.1) is 18.3 Å². The number of nitrogens with zero attached hydrogens (tertiary/aromatic N) is 1. The van der Waals surface area contributed by atoms with Gasteiger partial charge < -0.3 is 4.90 Å². The molecule has 1 amide bonds. The Balaban J connectivity index is 2.67. The van der Waals surface area contributed by atoms with Crippen LogP contribution in [0.3, 0.4) is 0 Å². The molecule has 0 saturated carbocycles. The lowest BCUT2D eigenvalue weighted by molar-refractivity contribution is -0.128. The van der Waals surface area contributed by atoms with Crippen molar-refractivity contribution in [3.63, 3.8) is 0 Å². The second kappa shape index (κ2) is 4.85. The summed E-state index contributed by atoms with van der Waals surface area (Å²) in [6, 6.07) is -0.0285. The van der Waals surface area contributed by atoms with E-state index in [1.807, 2.05) is 0 Å². The van der Waals surface area contributed by atoms with Crippen LogP contribution in [-0.2, 0) is 4.79 Å². The molecular weight excluding hydrogens is 174 g/mol. The van der Waals surface area contributed by atoms with E-state index in [-0.39, 0.29) is 11.9 Å². The van der Waals surface area contributed by atoms with Gasteiger partial charge in [-0.25, -0.2) is 0 Å². The summed E-state index contributed by atoms with van der Waals surface area (Å²) in [5, 5.41) is 0. The average Bonchev–Trinajstić information content (AvgIpc) is 2.27. The van der Waals surface area contributed by atoms with Crippen molar-refractivity contribution >= 4 is 5.91 Å². The van der Waals surface area contributed by atoms with Gasteiger partial charge in [-0.1, -0.05) is 25.8 Å². The standard InChI is InChI=1S/C12H17NO/c1-4-10-7-8-13(12(14)6-3)11(5-2)9-10/h2,6,10-11H,3-4,7-9H2,1H3. The zero-order valence-corrected chi connectivity index (χ0v) is 8.70. The van der Waals surface area contributed by atoms with Gasteiger partial charge >= 0.3 is 0 Å². The van der Waals surface area contributed by atoms with E-state index in [1.165, 1.54) is 6.08 Å². The van der Waals surface area contributed by atoms with Crippen molar-refractivity contribution in [2.45, 2.75) is 32.2 Å². The van der Waals surface area contributed by atoms with Crippen LogP contribution >= 0.6 is 0 Å². The minimum atomic E-state index is -0.0393. The molecule has 2 unspecified atom stereocenters. The van der Waals surface area contributed by atoms with Crippen molar-refractivity contribution in [3.05, 3.63) is 12.7 Å². The summed E-state index contributed by atoms with van der Waals surface area (Å²) >= 11 is 0. The normalized spacial score (nSPS) is 26.7. The maximum absolute atomic E-state index is 11.4. The van der Waals surface area contributed by atoms with Crippen molar-refractivity contribution in [3.8, 4) is 12.3 Å². The first kappa shape index (κ1) is 10.8. The van der Waals surface area contributed by atoms with Gasteiger partial charge in [-0.3, -0.25) is 4.79 Å². The Hall–Kier alpha value is -1.23. The van der Waals surface area contributed by atoms with E-state index >= 15 is 0 Å². The van der Waals surface area contributed by atoms with Gasteiger partial charge in [0.1, 0.15) is 0 Å². The molecule has 0 spiro atoms. The lowest BCUT2D eigenvalue weighted by Crippen LogP contribution is -2.44. The Bertz CT molecular complexity index is 264. The Labute approximate surface area is 86.0 Å². The van der Waals surface area contributed by atoms with E-state index in [4.69, 9.17) is 6.42 Å². The van der Waals surface area contributed by atoms with Crippen LogP contribution in [0.4, 0.5) is 0 Å². The molecule has 0 aliphatic carbocycles. The van der Waals surface area contributed by atoms with Gasteiger partial charge in [0.25, 0.3) is 0 Å². The first-order valence-electron chi connectivity index (χ1n) is 5.12. The molecule has 1 saturated heterocycles. The highest BCUT2D eigenvalue weighted by Gasteiger charge is 2.28. The second-order valence-corrected chi connectivity index (χ2v) is 3.72. The monoisotopic (exact) mass is 191 g/mol. The third-order valence-electron chi connectivity index (χ3n) is 2.94. The van der Waals surface area contributed by atoms with Crippen LogP contribution in [0.1, 0.15) is 26.2 Å². The van der Waals surface area contributed by atoms with E-state index in [1.54, 1.807) is 4.90 Å². The van der Waals surface area contributed by atoms with Crippen LogP contribution in [-0.4, -0.2) is 23.4 Å². The van der Waals surface area contributed by atoms with Crippen molar-refractivity contribution in [1.82, 2.24) is 4.90 Å². The molecule has 0 aromatic carbocycles. The number of likely N-dealkylation sites (tertiary alicyclic amines) is 1. The quantitative estimate of drug-likeness (QED) is 0.481. The summed E-state index contributed by atoms with van der Waals surface area (Å²) in [4.78, 5) is 13.2. The number of piperidine rings is 1. The zero-order chi connectivity index (χ0) is 10.6. The summed E-state index contributed by atoms with van der Waals surface area (Å²) < 4.78 is 0. The third-order valence-corrected chi connectivity index (χ3v) is 2.94. The number of carbonyl (C=O) groups is 1.